The summed E-state index contributed by atoms with van der Waals surface area (Å²) < 4.78 is 97.8. The number of non-ortho nitro benzene ring substituents is 1. The molecule has 5 rings (SSSR count). The number of nitrogens with zero attached hydrogens (tertiary/aromatic N) is 8. The highest BCUT2D eigenvalue weighted by Crippen LogP contribution is 2.50. The lowest BCUT2D eigenvalue weighted by atomic mass is 10.1. The number of azo groups is 3. The average Bonchev–Trinajstić information content (AvgIpc) is 3.18. The highest BCUT2D eigenvalue weighted by molar-refractivity contribution is 7.91. The molecule has 5 aromatic carbocycles. The van der Waals surface area contributed by atoms with E-state index in [0.717, 1.165) is 36.4 Å². The van der Waals surface area contributed by atoms with Crippen molar-refractivity contribution in [3.05, 3.63) is 80.9 Å². The lowest BCUT2D eigenvalue weighted by molar-refractivity contribution is -0.402. The fourth-order valence-electron chi connectivity index (χ4n) is 5.06. The van der Waals surface area contributed by atoms with Gasteiger partial charge in [-0.2, -0.15) is 16.8 Å². The molecular weight excluding hydrogens is 921 g/mol. The van der Waals surface area contributed by atoms with Gasteiger partial charge in [0.2, 0.25) is 11.5 Å². The summed E-state index contributed by atoms with van der Waals surface area (Å²) in [5.74, 6) is -5.65. The number of aromatic hydroxyl groups is 4. The Labute approximate surface area is 349 Å². The summed E-state index contributed by atoms with van der Waals surface area (Å²) in [4.78, 5) is 22.6. The number of phenols is 4. The van der Waals surface area contributed by atoms with Crippen molar-refractivity contribution in [3.63, 3.8) is 0 Å². The Bertz CT molecular complexity index is 3110. The third-order valence-electron chi connectivity index (χ3n) is 7.83. The molecule has 5 aromatic rings. The van der Waals surface area contributed by atoms with E-state index in [1.807, 2.05) is 0 Å². The van der Waals surface area contributed by atoms with Gasteiger partial charge < -0.3 is 30.4 Å². The Balaban J connectivity index is 1.69. The van der Waals surface area contributed by atoms with Gasteiger partial charge >= 0.3 is 5.69 Å². The summed E-state index contributed by atoms with van der Waals surface area (Å²) in [5.41, 5.74) is -6.55. The third kappa shape index (κ3) is 9.94. The molecule has 62 heavy (non-hydrogen) atoms. The van der Waals surface area contributed by atoms with E-state index in [1.54, 1.807) is 0 Å². The van der Waals surface area contributed by atoms with E-state index in [1.165, 1.54) is 0 Å². The molecule has 0 unspecified atom stereocenters. The normalized spacial score (nSPS) is 12.5. The molecule has 0 saturated heterocycles. The number of aliphatic hydroxyl groups is 1. The number of nitro benzene ring substituents is 2. The van der Waals surface area contributed by atoms with E-state index in [4.69, 9.17) is 9.99 Å². The summed E-state index contributed by atoms with van der Waals surface area (Å²) in [6.45, 7) is -0.837. The highest BCUT2D eigenvalue weighted by atomic mass is 32.2. The predicted octanol–water partition coefficient (Wildman–Crippen LogP) is 6.07. The molecule has 0 aliphatic rings. The van der Waals surface area contributed by atoms with Gasteiger partial charge in [-0.15, -0.1) is 35.0 Å². The number of benzene rings is 5. The predicted molar refractivity (Wildman–Crippen MR) is 206 cm³/mol. The third-order valence-corrected chi connectivity index (χ3v) is 11.3. The highest BCUT2D eigenvalue weighted by Gasteiger charge is 2.27. The summed E-state index contributed by atoms with van der Waals surface area (Å²) in [7, 11) is -14.6. The van der Waals surface area contributed by atoms with Crippen molar-refractivity contribution in [1.82, 2.24) is 0 Å². The molecule has 32 heteroatoms. The quantitative estimate of drug-likeness (QED) is 0.0106. The van der Waals surface area contributed by atoms with Crippen LogP contribution in [-0.4, -0.2) is 82.1 Å². The van der Waals surface area contributed by atoms with E-state index < -0.39 is 147 Å². The number of thiol groups is 1. The van der Waals surface area contributed by atoms with Crippen LogP contribution in [0.3, 0.4) is 0 Å². The minimum Gasteiger partial charge on any atom is -0.505 e. The molecule has 0 fully saturated rings. The van der Waals surface area contributed by atoms with Gasteiger partial charge in [-0.25, -0.2) is 8.42 Å². The van der Waals surface area contributed by atoms with Gasteiger partial charge in [-0.05, 0) is 59.0 Å². The van der Waals surface area contributed by atoms with Crippen LogP contribution >= 0.6 is 12.9 Å². The zero-order valence-corrected chi connectivity index (χ0v) is 33.2. The van der Waals surface area contributed by atoms with Gasteiger partial charge in [-0.3, -0.25) is 29.3 Å². The van der Waals surface area contributed by atoms with Crippen molar-refractivity contribution < 1.29 is 84.0 Å². The summed E-state index contributed by atoms with van der Waals surface area (Å²) >= 11 is 3.33. The van der Waals surface area contributed by atoms with Crippen LogP contribution in [0.25, 0.3) is 10.8 Å². The lowest BCUT2D eigenvalue weighted by Crippen LogP contribution is -2.11. The van der Waals surface area contributed by atoms with Crippen molar-refractivity contribution in [2.45, 2.75) is 14.7 Å². The molecular formula is C30H22N8O20S4. The molecule has 0 aromatic heterocycles. The number of phenolic OH excluding ortho intramolecular Hbond substituents is 4. The number of hydrogen-bond donors (Lipinski definition) is 8. The van der Waals surface area contributed by atoms with Crippen molar-refractivity contribution in [3.8, 4) is 28.7 Å². The van der Waals surface area contributed by atoms with Crippen LogP contribution in [0.2, 0.25) is 0 Å². The maximum atomic E-state index is 12.5. The second-order valence-corrected chi connectivity index (χ2v) is 16.8. The Morgan fingerprint density at radius 1 is 0.645 bits per heavy atom. The Kier molecular flexibility index (Phi) is 13.3. The van der Waals surface area contributed by atoms with Crippen LogP contribution < -0.4 is 4.89 Å². The second kappa shape index (κ2) is 17.9. The summed E-state index contributed by atoms with van der Waals surface area (Å²) in [6, 6.07) is 7.22. The first kappa shape index (κ1) is 46.0. The van der Waals surface area contributed by atoms with E-state index in [-0.39, 0.29) is 5.39 Å². The number of nitro groups is 2. The van der Waals surface area contributed by atoms with Gasteiger partial charge in [-0.1, -0.05) is 0 Å². The number of fused-ring (bicyclic) bond motifs is 1. The first-order chi connectivity index (χ1) is 29.0. The van der Waals surface area contributed by atoms with Gasteiger partial charge in [0.1, 0.15) is 27.7 Å². The Morgan fingerprint density at radius 3 is 1.89 bits per heavy atom. The molecule has 28 nitrogen and oxygen atoms in total. The maximum Gasteiger partial charge on any atom is 0.319 e. The Morgan fingerprint density at radius 2 is 1.27 bits per heavy atom. The molecule has 0 aliphatic carbocycles. The van der Waals surface area contributed by atoms with Crippen LogP contribution in [0.1, 0.15) is 0 Å². The fourth-order valence-corrected chi connectivity index (χ4v) is 7.40. The van der Waals surface area contributed by atoms with Crippen LogP contribution in [0.15, 0.2) is 106 Å². The Hall–Kier alpha value is -7.04. The average molecular weight is 943 g/mol. The molecule has 0 aliphatic heterocycles. The van der Waals surface area contributed by atoms with E-state index in [2.05, 4.69) is 53.0 Å². The molecule has 326 valence electrons. The smallest absolute Gasteiger partial charge is 0.319 e. The maximum absolute atomic E-state index is 12.5. The van der Waals surface area contributed by atoms with E-state index in [9.17, 15) is 75.0 Å². The number of aliphatic hydroxyl groups excluding tert-OH is 1. The van der Waals surface area contributed by atoms with Crippen LogP contribution in [0, 0.1) is 20.2 Å². The van der Waals surface area contributed by atoms with Crippen molar-refractivity contribution in [1.29, 1.82) is 0 Å². The number of rotatable bonds is 16. The summed E-state index contributed by atoms with van der Waals surface area (Å²) in [5, 5.41) is 100. The largest absolute Gasteiger partial charge is 0.505 e. The van der Waals surface area contributed by atoms with Crippen molar-refractivity contribution in [2.75, 3.05) is 12.4 Å². The lowest BCUT2D eigenvalue weighted by Gasteiger charge is -2.12. The first-order valence-corrected chi connectivity index (χ1v) is 20.7. The van der Waals surface area contributed by atoms with Crippen molar-refractivity contribution in [2.24, 2.45) is 30.7 Å². The van der Waals surface area contributed by atoms with E-state index in [0.29, 0.717) is 24.3 Å². The molecule has 0 spiro atoms. The SMILES string of the molecule is O=[N+]([O-])c1cc(N=Nc2c(O)ccc(N=Nc3cc(S(=O)(=O)O)cc4cc(OOOS)c(N=Nc5ccc(S(=O)(=O)CCO)cc5S(=O)(=O)O)c(O)c34)c2O)c(O)c([N+](=O)[O-])c1. The minimum atomic E-state index is -5.25. The number of sulfone groups is 1. The monoisotopic (exact) mass is 942 g/mol. The zero-order valence-electron chi connectivity index (χ0n) is 29.9. The molecule has 0 amide bonds. The van der Waals surface area contributed by atoms with Crippen molar-refractivity contribution >= 4 is 99.3 Å². The van der Waals surface area contributed by atoms with Gasteiger partial charge in [0.15, 0.2) is 32.7 Å². The molecule has 7 N–H and O–H groups in total. The van der Waals surface area contributed by atoms with E-state index >= 15 is 0 Å². The summed E-state index contributed by atoms with van der Waals surface area (Å²) in [6.07, 6.45) is 0. The minimum absolute atomic E-state index is 0.365. The molecule has 0 atom stereocenters. The standard InChI is InChI=1S/C30H22N8O20S4/c39-5-6-60(48,49)15-1-2-17(24(12-15)62(53,54)55)31-36-27-23(56-57-58-59)8-13-7-16(61(50,51)52)11-19(25(13)30(27)43)33-32-18-3-4-22(40)26(29(18)42)35-34-20-9-14(37(44)45)10-21(28(20)41)38(46)47/h1-4,7-12,39-43,59H,5-6H2,(H,50,51,52)(H,53,54,55). The molecule has 0 heterocycles. The van der Waals surface area contributed by atoms with Crippen LogP contribution in [0.5, 0.6) is 28.7 Å². The topological polar surface area (TPSA) is 432 Å². The molecule has 0 radical (unpaired) electrons. The zero-order chi connectivity index (χ0) is 45.9. The number of hydrogen-bond acceptors (Lipinski definition) is 25. The molecule has 0 saturated carbocycles. The van der Waals surface area contributed by atoms with Gasteiger partial charge in [0.25, 0.3) is 25.9 Å². The molecule has 0 bridgehead atoms. The van der Waals surface area contributed by atoms with Crippen LogP contribution in [-0.2, 0) is 39.4 Å². The fraction of sp³-hybridized carbons (Fsp3) is 0.0667. The van der Waals surface area contributed by atoms with Gasteiger partial charge in [0, 0.05) is 19.0 Å². The first-order valence-electron chi connectivity index (χ1n) is 15.9. The van der Waals surface area contributed by atoms with Crippen LogP contribution in [0.4, 0.5) is 45.5 Å². The second-order valence-electron chi connectivity index (χ2n) is 11.7. The van der Waals surface area contributed by atoms with Gasteiger partial charge in [0.05, 0.1) is 49.1 Å².